The largest absolute Gasteiger partial charge is 0.490 e. The Morgan fingerprint density at radius 3 is 2.20 bits per heavy atom. The summed E-state index contributed by atoms with van der Waals surface area (Å²) < 4.78 is 37.6. The highest BCUT2D eigenvalue weighted by atomic mass is 79.9. The molecule has 7 nitrogen and oxygen atoms in total. The van der Waals surface area contributed by atoms with E-state index in [4.69, 9.17) is 25.9 Å². The van der Waals surface area contributed by atoms with Crippen LogP contribution in [0.3, 0.4) is 0 Å². The van der Waals surface area contributed by atoms with Crippen molar-refractivity contribution in [1.82, 2.24) is 5.32 Å². The van der Waals surface area contributed by atoms with Crippen molar-refractivity contribution in [3.05, 3.63) is 45.8 Å². The molecular weight excluding hydrogens is 555 g/mol. The van der Waals surface area contributed by atoms with Crippen molar-refractivity contribution in [2.24, 2.45) is 0 Å². The number of hydrogen-bond acceptors (Lipinski definition) is 5. The van der Waals surface area contributed by atoms with E-state index in [1.807, 2.05) is 18.2 Å². The zero-order valence-corrected chi connectivity index (χ0v) is 21.0. The quantitative estimate of drug-likeness (QED) is 0.397. The molecule has 0 atom stereocenters. The molecule has 2 fully saturated rings. The molecule has 0 unspecified atom stereocenters. The van der Waals surface area contributed by atoms with Gasteiger partial charge in [-0.1, -0.05) is 30.5 Å². The first-order chi connectivity index (χ1) is 16.5. The van der Waals surface area contributed by atoms with Crippen LogP contribution in [0, 0.1) is 0 Å². The van der Waals surface area contributed by atoms with Crippen LogP contribution in [0.15, 0.2) is 39.4 Å². The van der Waals surface area contributed by atoms with Gasteiger partial charge < -0.3 is 25.1 Å². The molecule has 1 saturated heterocycles. The standard InChI is InChI=1S/C21H25BrClN3O2.C2HF3O2/c22-19-9-8-18(28-19)21(27)25-17-7-3-6-16(23)20(17)26-12-10-15(11-13-26)24-14-4-1-2-5-14;3-2(4,5)1(6)7/h3,6-9,14-15,24H,1-2,4-5,10-13H2,(H,25,27);(H,6,7). The number of carbonyl (C=O) groups excluding carboxylic acids is 1. The van der Waals surface area contributed by atoms with Crippen LogP contribution in [0.1, 0.15) is 49.1 Å². The van der Waals surface area contributed by atoms with E-state index in [1.165, 1.54) is 25.7 Å². The SMILES string of the molecule is O=C(Nc1cccc(Cl)c1N1CCC(NC2CCCC2)CC1)c1ccc(Br)o1.O=C(O)C(F)(F)F. The van der Waals surface area contributed by atoms with Crippen molar-refractivity contribution in [3.8, 4) is 0 Å². The Balaban J connectivity index is 0.000000429. The summed E-state index contributed by atoms with van der Waals surface area (Å²) in [4.78, 5) is 23.7. The number of rotatable bonds is 5. The first-order valence-electron chi connectivity index (χ1n) is 11.2. The maximum atomic E-state index is 12.5. The number of hydrogen-bond donors (Lipinski definition) is 3. The summed E-state index contributed by atoms with van der Waals surface area (Å²) in [6, 6.07) is 10.2. The molecule has 0 bridgehead atoms. The van der Waals surface area contributed by atoms with E-state index in [0.717, 1.165) is 31.6 Å². The number of nitrogens with one attached hydrogen (secondary N) is 2. The summed E-state index contributed by atoms with van der Waals surface area (Å²) in [6.45, 7) is 1.84. The number of benzene rings is 1. The minimum absolute atomic E-state index is 0.261. The number of nitrogens with zero attached hydrogens (tertiary/aromatic N) is 1. The van der Waals surface area contributed by atoms with Crippen molar-refractivity contribution in [2.45, 2.75) is 56.8 Å². The molecule has 3 N–H and O–H groups in total. The normalized spacial score (nSPS) is 17.1. The van der Waals surface area contributed by atoms with E-state index in [9.17, 15) is 18.0 Å². The molecule has 1 saturated carbocycles. The van der Waals surface area contributed by atoms with Crippen LogP contribution in [0.4, 0.5) is 24.5 Å². The highest BCUT2D eigenvalue weighted by Gasteiger charge is 2.38. The summed E-state index contributed by atoms with van der Waals surface area (Å²) in [5, 5.41) is 14.6. The van der Waals surface area contributed by atoms with E-state index in [-0.39, 0.29) is 11.7 Å². The number of carboxylic acids is 1. The maximum absolute atomic E-state index is 12.5. The molecule has 1 aromatic carbocycles. The van der Waals surface area contributed by atoms with Crippen LogP contribution in [0.5, 0.6) is 0 Å². The molecule has 1 aliphatic heterocycles. The zero-order chi connectivity index (χ0) is 25.6. The lowest BCUT2D eigenvalue weighted by molar-refractivity contribution is -0.192. The summed E-state index contributed by atoms with van der Waals surface area (Å²) in [5.41, 5.74) is 1.61. The summed E-state index contributed by atoms with van der Waals surface area (Å²) in [7, 11) is 0. The number of aliphatic carboxylic acids is 1. The van der Waals surface area contributed by atoms with Gasteiger partial charge in [-0.25, -0.2) is 4.79 Å². The van der Waals surface area contributed by atoms with Crippen molar-refractivity contribution < 1.29 is 32.3 Å². The Kier molecular flexibility index (Phi) is 9.48. The maximum Gasteiger partial charge on any atom is 0.490 e. The van der Waals surface area contributed by atoms with E-state index in [2.05, 4.69) is 31.5 Å². The molecule has 0 spiro atoms. The smallest absolute Gasteiger partial charge is 0.475 e. The van der Waals surface area contributed by atoms with Gasteiger partial charge in [0, 0.05) is 25.2 Å². The van der Waals surface area contributed by atoms with Gasteiger partial charge in [-0.2, -0.15) is 13.2 Å². The second kappa shape index (κ2) is 12.1. The van der Waals surface area contributed by atoms with Gasteiger partial charge in [0.05, 0.1) is 16.4 Å². The van der Waals surface area contributed by atoms with Crippen LogP contribution in [0.2, 0.25) is 5.02 Å². The third kappa shape index (κ3) is 7.88. The number of anilines is 2. The van der Waals surface area contributed by atoms with Gasteiger partial charge in [0.2, 0.25) is 0 Å². The second-order valence-corrected chi connectivity index (χ2v) is 9.59. The van der Waals surface area contributed by atoms with Crippen molar-refractivity contribution in [2.75, 3.05) is 23.3 Å². The molecule has 0 radical (unpaired) electrons. The predicted octanol–water partition coefficient (Wildman–Crippen LogP) is 6.08. The van der Waals surface area contributed by atoms with E-state index < -0.39 is 12.1 Å². The summed E-state index contributed by atoms with van der Waals surface area (Å²) in [6.07, 6.45) is 2.41. The van der Waals surface area contributed by atoms with E-state index >= 15 is 0 Å². The lowest BCUT2D eigenvalue weighted by Crippen LogP contribution is -2.45. The van der Waals surface area contributed by atoms with Crippen LogP contribution in [-0.2, 0) is 4.79 Å². The van der Waals surface area contributed by atoms with Gasteiger partial charge in [0.25, 0.3) is 5.91 Å². The third-order valence-corrected chi connectivity index (χ3v) is 6.64. The van der Waals surface area contributed by atoms with Crippen LogP contribution in [0.25, 0.3) is 0 Å². The Labute approximate surface area is 214 Å². The highest BCUT2D eigenvalue weighted by molar-refractivity contribution is 9.10. The number of furan rings is 1. The second-order valence-electron chi connectivity index (χ2n) is 8.41. The predicted molar refractivity (Wildman–Crippen MR) is 130 cm³/mol. The molecule has 4 rings (SSSR count). The number of halogens is 5. The molecule has 2 aromatic rings. The third-order valence-electron chi connectivity index (χ3n) is 5.91. The van der Waals surface area contributed by atoms with Gasteiger partial charge in [-0.3, -0.25) is 4.79 Å². The molecule has 2 aliphatic rings. The fourth-order valence-corrected chi connectivity index (χ4v) is 4.85. The average Bonchev–Trinajstić information content (AvgIpc) is 3.46. The topological polar surface area (TPSA) is 94.8 Å². The lowest BCUT2D eigenvalue weighted by Gasteiger charge is -2.36. The Bertz CT molecular complexity index is 1020. The van der Waals surface area contributed by atoms with Crippen molar-refractivity contribution >= 4 is 50.8 Å². The number of carbonyl (C=O) groups is 2. The molecule has 2 heterocycles. The Hall–Kier alpha value is -2.24. The Morgan fingerprint density at radius 1 is 1.06 bits per heavy atom. The van der Waals surface area contributed by atoms with Gasteiger partial charge in [0.15, 0.2) is 10.4 Å². The minimum atomic E-state index is -5.08. The van der Waals surface area contributed by atoms with Crippen molar-refractivity contribution in [3.63, 3.8) is 0 Å². The van der Waals surface area contributed by atoms with Crippen molar-refractivity contribution in [1.29, 1.82) is 0 Å². The number of para-hydroxylation sites is 1. The molecule has 192 valence electrons. The minimum Gasteiger partial charge on any atom is -0.475 e. The summed E-state index contributed by atoms with van der Waals surface area (Å²) >= 11 is 9.76. The number of carboxylic acid groups (broad SMARTS) is 1. The fourth-order valence-electron chi connectivity index (χ4n) is 4.25. The first kappa shape index (κ1) is 27.3. The fraction of sp³-hybridized carbons (Fsp3) is 0.478. The van der Waals surface area contributed by atoms with Crippen LogP contribution in [-0.4, -0.2) is 48.3 Å². The molecular formula is C23H26BrClF3N3O4. The number of amides is 1. The lowest BCUT2D eigenvalue weighted by atomic mass is 10.0. The van der Waals surface area contributed by atoms with Gasteiger partial charge in [0.1, 0.15) is 0 Å². The van der Waals surface area contributed by atoms with E-state index in [1.54, 1.807) is 12.1 Å². The summed E-state index contributed by atoms with van der Waals surface area (Å²) in [5.74, 6) is -2.78. The van der Waals surface area contributed by atoms with Gasteiger partial charge in [-0.15, -0.1) is 0 Å². The number of piperidine rings is 1. The molecule has 1 aliphatic carbocycles. The average molecular weight is 581 g/mol. The number of alkyl halides is 3. The zero-order valence-electron chi connectivity index (χ0n) is 18.7. The molecule has 1 amide bonds. The molecule has 12 heteroatoms. The highest BCUT2D eigenvalue weighted by Crippen LogP contribution is 2.36. The van der Waals surface area contributed by atoms with Gasteiger partial charge in [-0.05, 0) is 65.9 Å². The van der Waals surface area contributed by atoms with E-state index in [0.29, 0.717) is 27.5 Å². The van der Waals surface area contributed by atoms with Crippen LogP contribution >= 0.6 is 27.5 Å². The first-order valence-corrected chi connectivity index (χ1v) is 12.4. The van der Waals surface area contributed by atoms with Crippen LogP contribution < -0.4 is 15.5 Å². The molecule has 1 aromatic heterocycles. The monoisotopic (exact) mass is 579 g/mol. The van der Waals surface area contributed by atoms with Gasteiger partial charge >= 0.3 is 12.1 Å². The Morgan fingerprint density at radius 2 is 1.66 bits per heavy atom. The molecule has 35 heavy (non-hydrogen) atoms.